The Bertz CT molecular complexity index is 659. The van der Waals surface area contributed by atoms with Gasteiger partial charge in [0.25, 0.3) is 0 Å². The van der Waals surface area contributed by atoms with E-state index in [0.29, 0.717) is 16.4 Å². The molecule has 0 saturated carbocycles. The number of nitrogens with zero attached hydrogens (tertiary/aromatic N) is 2. The summed E-state index contributed by atoms with van der Waals surface area (Å²) in [6.45, 7) is 7.91. The van der Waals surface area contributed by atoms with Crippen LogP contribution < -0.4 is 0 Å². The normalized spacial score (nSPS) is 13.3. The van der Waals surface area contributed by atoms with Crippen LogP contribution in [0.25, 0.3) is 11.0 Å². The van der Waals surface area contributed by atoms with E-state index in [0.717, 1.165) is 30.5 Å². The zero-order chi connectivity index (χ0) is 14.9. The number of aromatic nitrogens is 2. The molecule has 1 atom stereocenters. The number of benzene rings is 1. The lowest BCUT2D eigenvalue weighted by Crippen LogP contribution is -2.31. The molecule has 1 unspecified atom stereocenters. The molecule has 1 aromatic heterocycles. The van der Waals surface area contributed by atoms with Gasteiger partial charge in [0.05, 0.1) is 11.0 Å². The fraction of sp³-hybridized carbons (Fsp3) is 0.533. The van der Waals surface area contributed by atoms with E-state index >= 15 is 0 Å². The molecule has 110 valence electrons. The molecule has 0 saturated heterocycles. The van der Waals surface area contributed by atoms with Gasteiger partial charge in [-0.3, -0.25) is 0 Å². The number of aryl methyl sites for hydroxylation is 1. The van der Waals surface area contributed by atoms with Crippen LogP contribution in [0.15, 0.2) is 12.1 Å². The third kappa shape index (κ3) is 2.94. The van der Waals surface area contributed by atoms with E-state index in [1.807, 2.05) is 6.07 Å². The van der Waals surface area contributed by atoms with Gasteiger partial charge in [-0.1, -0.05) is 6.92 Å². The lowest BCUT2D eigenvalue weighted by atomic mass is 10.2. The summed E-state index contributed by atoms with van der Waals surface area (Å²) in [7, 11) is 2.12. The van der Waals surface area contributed by atoms with E-state index in [2.05, 4.69) is 35.3 Å². The summed E-state index contributed by atoms with van der Waals surface area (Å²) in [6, 6.07) is 3.93. The smallest absolute Gasteiger partial charge is 0.178 e. The largest absolute Gasteiger partial charge is 0.330 e. The fourth-order valence-corrected chi connectivity index (χ4v) is 2.59. The molecule has 0 aliphatic carbocycles. The van der Waals surface area contributed by atoms with Gasteiger partial charge >= 0.3 is 0 Å². The monoisotopic (exact) mass is 295 g/mol. The van der Waals surface area contributed by atoms with E-state index in [-0.39, 0.29) is 5.82 Å². The van der Waals surface area contributed by atoms with Crippen molar-refractivity contribution in [2.24, 2.45) is 0 Å². The molecule has 1 aromatic carbocycles. The van der Waals surface area contributed by atoms with Crippen LogP contribution >= 0.6 is 12.2 Å². The first-order chi connectivity index (χ1) is 9.43. The number of H-pyrrole nitrogens is 1. The summed E-state index contributed by atoms with van der Waals surface area (Å²) < 4.78 is 16.3. The molecular formula is C15H22FN3S. The zero-order valence-electron chi connectivity index (χ0n) is 12.5. The predicted octanol–water partition coefficient (Wildman–Crippen LogP) is 3.88. The van der Waals surface area contributed by atoms with E-state index in [4.69, 9.17) is 12.2 Å². The highest BCUT2D eigenvalue weighted by Crippen LogP contribution is 2.19. The van der Waals surface area contributed by atoms with E-state index in [1.54, 1.807) is 6.92 Å². The fourth-order valence-electron chi connectivity index (χ4n) is 2.29. The molecule has 0 aliphatic heterocycles. The van der Waals surface area contributed by atoms with Crippen molar-refractivity contribution in [2.45, 2.75) is 39.8 Å². The lowest BCUT2D eigenvalue weighted by molar-refractivity contribution is 0.243. The minimum atomic E-state index is -0.197. The van der Waals surface area contributed by atoms with Crippen LogP contribution in [0.2, 0.25) is 0 Å². The van der Waals surface area contributed by atoms with Crippen molar-refractivity contribution >= 4 is 23.3 Å². The highest BCUT2D eigenvalue weighted by molar-refractivity contribution is 7.71. The maximum atomic E-state index is 13.6. The minimum Gasteiger partial charge on any atom is -0.330 e. The summed E-state index contributed by atoms with van der Waals surface area (Å²) >= 11 is 5.35. The molecule has 2 aromatic rings. The van der Waals surface area contributed by atoms with E-state index in [9.17, 15) is 4.39 Å². The molecule has 1 N–H and O–H groups in total. The van der Waals surface area contributed by atoms with Gasteiger partial charge in [0.15, 0.2) is 4.77 Å². The van der Waals surface area contributed by atoms with Gasteiger partial charge in [0, 0.05) is 19.1 Å². The first kappa shape index (κ1) is 15.2. The molecule has 0 spiro atoms. The number of hydrogen-bond acceptors (Lipinski definition) is 2. The standard InChI is InChI=1S/C15H22FN3S/c1-5-11(3)18(4)6-7-19-14-8-10(2)12(16)9-13(14)17-15(19)20/h8-9,11H,5-7H2,1-4H3,(H,17,20). The van der Waals surface area contributed by atoms with Crippen molar-refractivity contribution < 1.29 is 4.39 Å². The molecule has 1 heterocycles. The number of imidazole rings is 1. The van der Waals surface area contributed by atoms with Crippen LogP contribution in [0.4, 0.5) is 4.39 Å². The van der Waals surface area contributed by atoms with Crippen molar-refractivity contribution in [1.29, 1.82) is 0 Å². The Morgan fingerprint density at radius 3 is 2.80 bits per heavy atom. The van der Waals surface area contributed by atoms with Crippen LogP contribution in [0.3, 0.4) is 0 Å². The average Bonchev–Trinajstić information content (AvgIpc) is 2.71. The summed E-state index contributed by atoms with van der Waals surface area (Å²) in [5.74, 6) is -0.197. The molecule has 5 heteroatoms. The summed E-state index contributed by atoms with van der Waals surface area (Å²) in [5.41, 5.74) is 2.39. The average molecular weight is 295 g/mol. The Morgan fingerprint density at radius 1 is 1.45 bits per heavy atom. The van der Waals surface area contributed by atoms with E-state index in [1.165, 1.54) is 6.07 Å². The molecule has 3 nitrogen and oxygen atoms in total. The number of halogens is 1. The molecule has 20 heavy (non-hydrogen) atoms. The quantitative estimate of drug-likeness (QED) is 0.847. The Hall–Kier alpha value is -1.20. The summed E-state index contributed by atoms with van der Waals surface area (Å²) in [4.78, 5) is 5.40. The number of nitrogens with one attached hydrogen (secondary N) is 1. The number of fused-ring (bicyclic) bond motifs is 1. The highest BCUT2D eigenvalue weighted by atomic mass is 32.1. The number of likely N-dealkylation sites (N-methyl/N-ethyl adjacent to an activating group) is 1. The Morgan fingerprint density at radius 2 is 2.15 bits per heavy atom. The lowest BCUT2D eigenvalue weighted by Gasteiger charge is -2.23. The Balaban J connectivity index is 2.28. The minimum absolute atomic E-state index is 0.197. The number of hydrogen-bond donors (Lipinski definition) is 1. The molecule has 2 rings (SSSR count). The summed E-state index contributed by atoms with van der Waals surface area (Å²) in [6.07, 6.45) is 1.13. The topological polar surface area (TPSA) is 24.0 Å². The van der Waals surface area contributed by atoms with Crippen LogP contribution in [0.1, 0.15) is 25.8 Å². The van der Waals surface area contributed by atoms with Crippen molar-refractivity contribution in [1.82, 2.24) is 14.5 Å². The van der Waals surface area contributed by atoms with Crippen LogP contribution in [0, 0.1) is 17.5 Å². The van der Waals surface area contributed by atoms with Crippen molar-refractivity contribution in [2.75, 3.05) is 13.6 Å². The molecule has 0 bridgehead atoms. The molecular weight excluding hydrogens is 273 g/mol. The second kappa shape index (κ2) is 6.06. The van der Waals surface area contributed by atoms with Gasteiger partial charge in [-0.25, -0.2) is 4.39 Å². The predicted molar refractivity (Wildman–Crippen MR) is 84.2 cm³/mol. The maximum absolute atomic E-state index is 13.6. The maximum Gasteiger partial charge on any atom is 0.178 e. The summed E-state index contributed by atoms with van der Waals surface area (Å²) in [5, 5.41) is 0. The SMILES string of the molecule is CCC(C)N(C)CCn1c(=S)[nH]c2cc(F)c(C)cc21. The van der Waals surface area contributed by atoms with Gasteiger partial charge in [0.2, 0.25) is 0 Å². The molecule has 0 amide bonds. The molecule has 0 radical (unpaired) electrons. The highest BCUT2D eigenvalue weighted by Gasteiger charge is 2.10. The van der Waals surface area contributed by atoms with Crippen molar-refractivity contribution in [3.63, 3.8) is 0 Å². The molecule has 0 aliphatic rings. The second-order valence-corrected chi connectivity index (χ2v) is 5.82. The van der Waals surface area contributed by atoms with Gasteiger partial charge in [-0.05, 0) is 57.2 Å². The van der Waals surface area contributed by atoms with Crippen molar-refractivity contribution in [3.05, 3.63) is 28.3 Å². The number of aromatic amines is 1. The van der Waals surface area contributed by atoms with Gasteiger partial charge in [-0.15, -0.1) is 0 Å². The van der Waals surface area contributed by atoms with Gasteiger partial charge in [0.1, 0.15) is 5.82 Å². The molecule has 0 fully saturated rings. The van der Waals surface area contributed by atoms with Crippen molar-refractivity contribution in [3.8, 4) is 0 Å². The Kier molecular flexibility index (Phi) is 4.60. The number of rotatable bonds is 5. The van der Waals surface area contributed by atoms with Gasteiger partial charge < -0.3 is 14.5 Å². The third-order valence-corrected chi connectivity index (χ3v) is 4.40. The van der Waals surface area contributed by atoms with Crippen LogP contribution in [-0.4, -0.2) is 34.1 Å². The zero-order valence-corrected chi connectivity index (χ0v) is 13.4. The Labute approximate surface area is 124 Å². The van der Waals surface area contributed by atoms with E-state index < -0.39 is 0 Å². The van der Waals surface area contributed by atoms with Crippen LogP contribution in [0.5, 0.6) is 0 Å². The third-order valence-electron chi connectivity index (χ3n) is 4.07. The second-order valence-electron chi connectivity index (χ2n) is 5.44. The first-order valence-corrected chi connectivity index (χ1v) is 7.43. The van der Waals surface area contributed by atoms with Gasteiger partial charge in [-0.2, -0.15) is 0 Å². The first-order valence-electron chi connectivity index (χ1n) is 7.03. The van der Waals surface area contributed by atoms with Crippen LogP contribution in [-0.2, 0) is 6.54 Å².